The van der Waals surface area contributed by atoms with Gasteiger partial charge < -0.3 is 10.6 Å². The first-order valence-electron chi connectivity index (χ1n) is 7.31. The lowest BCUT2D eigenvalue weighted by Gasteiger charge is -2.10. The summed E-state index contributed by atoms with van der Waals surface area (Å²) >= 11 is 5.29. The largest absolute Gasteiger partial charge is 0.357 e. The van der Waals surface area contributed by atoms with Crippen molar-refractivity contribution in [2.24, 2.45) is 0 Å². The van der Waals surface area contributed by atoms with E-state index in [9.17, 15) is 0 Å². The zero-order valence-corrected chi connectivity index (χ0v) is 13.1. The van der Waals surface area contributed by atoms with Crippen LogP contribution in [0, 0.1) is 0 Å². The van der Waals surface area contributed by atoms with Gasteiger partial charge in [-0.3, -0.25) is 4.98 Å². The fourth-order valence-electron chi connectivity index (χ4n) is 1.98. The maximum atomic E-state index is 5.29. The van der Waals surface area contributed by atoms with Crippen LogP contribution in [0.25, 0.3) is 0 Å². The number of hydrogen-bond donors (Lipinski definition) is 2. The lowest BCUT2D eigenvalue weighted by Crippen LogP contribution is -2.28. The Balaban J connectivity index is 1.79. The maximum Gasteiger partial charge on any atom is 0.171 e. The Morgan fingerprint density at radius 2 is 1.95 bits per heavy atom. The SMILES string of the molecule is CCCCc1ccc(NC(=S)NCc2ccccn2)cc1. The molecule has 0 aliphatic carbocycles. The van der Waals surface area contributed by atoms with Crippen molar-refractivity contribution in [1.82, 2.24) is 10.3 Å². The average molecular weight is 299 g/mol. The summed E-state index contributed by atoms with van der Waals surface area (Å²) in [6.45, 7) is 2.84. The minimum absolute atomic E-state index is 0.613. The number of benzene rings is 1. The van der Waals surface area contributed by atoms with Crippen LogP contribution >= 0.6 is 12.2 Å². The number of aromatic nitrogens is 1. The van der Waals surface area contributed by atoms with Gasteiger partial charge in [0.2, 0.25) is 0 Å². The quantitative estimate of drug-likeness (QED) is 0.793. The lowest BCUT2D eigenvalue weighted by atomic mass is 10.1. The Morgan fingerprint density at radius 3 is 2.62 bits per heavy atom. The van der Waals surface area contributed by atoms with Gasteiger partial charge in [0.1, 0.15) is 0 Å². The van der Waals surface area contributed by atoms with Crippen LogP contribution in [0.1, 0.15) is 31.0 Å². The van der Waals surface area contributed by atoms with E-state index in [-0.39, 0.29) is 0 Å². The predicted octanol–water partition coefficient (Wildman–Crippen LogP) is 3.91. The molecule has 0 atom stereocenters. The molecule has 0 amide bonds. The van der Waals surface area contributed by atoms with Gasteiger partial charge in [-0.05, 0) is 54.9 Å². The van der Waals surface area contributed by atoms with Crippen molar-refractivity contribution in [3.63, 3.8) is 0 Å². The van der Waals surface area contributed by atoms with Gasteiger partial charge in [0.25, 0.3) is 0 Å². The Bertz CT molecular complexity index is 552. The molecule has 0 bridgehead atoms. The van der Waals surface area contributed by atoms with Crippen LogP contribution in [-0.2, 0) is 13.0 Å². The number of anilines is 1. The molecule has 1 aromatic carbocycles. The highest BCUT2D eigenvalue weighted by atomic mass is 32.1. The third-order valence-corrected chi connectivity index (χ3v) is 3.43. The first kappa shape index (κ1) is 15.4. The summed E-state index contributed by atoms with van der Waals surface area (Å²) in [5, 5.41) is 6.96. The fourth-order valence-corrected chi connectivity index (χ4v) is 2.17. The summed E-state index contributed by atoms with van der Waals surface area (Å²) in [6, 6.07) is 14.3. The molecule has 1 heterocycles. The van der Waals surface area contributed by atoms with E-state index in [1.807, 2.05) is 18.2 Å². The summed E-state index contributed by atoms with van der Waals surface area (Å²) < 4.78 is 0. The summed E-state index contributed by atoms with van der Waals surface area (Å²) in [5.41, 5.74) is 3.35. The molecule has 2 rings (SSSR count). The molecule has 2 aromatic rings. The van der Waals surface area contributed by atoms with Crippen LogP contribution < -0.4 is 10.6 Å². The van der Waals surface area contributed by atoms with Crippen LogP contribution in [0.2, 0.25) is 0 Å². The zero-order valence-electron chi connectivity index (χ0n) is 12.3. The van der Waals surface area contributed by atoms with Crippen molar-refractivity contribution in [2.75, 3.05) is 5.32 Å². The van der Waals surface area contributed by atoms with E-state index in [0.29, 0.717) is 11.7 Å². The summed E-state index contributed by atoms with van der Waals surface area (Å²) in [7, 11) is 0. The number of pyridine rings is 1. The number of nitrogens with zero attached hydrogens (tertiary/aromatic N) is 1. The van der Waals surface area contributed by atoms with E-state index < -0.39 is 0 Å². The van der Waals surface area contributed by atoms with E-state index in [1.54, 1.807) is 6.20 Å². The van der Waals surface area contributed by atoms with Crippen LogP contribution in [-0.4, -0.2) is 10.1 Å². The molecule has 0 aliphatic rings. The molecule has 4 heteroatoms. The monoisotopic (exact) mass is 299 g/mol. The standard InChI is InChI=1S/C17H21N3S/c1-2-3-6-14-8-10-15(11-9-14)20-17(21)19-13-16-7-4-5-12-18-16/h4-5,7-12H,2-3,6,13H2,1H3,(H2,19,20,21). The molecular formula is C17H21N3S. The number of nitrogens with one attached hydrogen (secondary N) is 2. The number of rotatable bonds is 6. The Labute approximate surface area is 131 Å². The van der Waals surface area contributed by atoms with Crippen LogP contribution in [0.5, 0.6) is 0 Å². The summed E-state index contributed by atoms with van der Waals surface area (Å²) in [6.07, 6.45) is 5.38. The number of aryl methyl sites for hydroxylation is 1. The Morgan fingerprint density at radius 1 is 1.14 bits per heavy atom. The second-order valence-corrected chi connectivity index (χ2v) is 5.34. The van der Waals surface area contributed by atoms with Crippen molar-refractivity contribution in [3.05, 3.63) is 59.9 Å². The van der Waals surface area contributed by atoms with Crippen molar-refractivity contribution in [3.8, 4) is 0 Å². The highest BCUT2D eigenvalue weighted by molar-refractivity contribution is 7.80. The van der Waals surface area contributed by atoms with Crippen molar-refractivity contribution < 1.29 is 0 Å². The second kappa shape index (κ2) is 8.37. The molecule has 0 spiro atoms. The van der Waals surface area contributed by atoms with Crippen molar-refractivity contribution in [1.29, 1.82) is 0 Å². The number of unbranched alkanes of at least 4 members (excludes halogenated alkanes) is 1. The summed E-state index contributed by atoms with van der Waals surface area (Å²) in [5.74, 6) is 0. The molecule has 21 heavy (non-hydrogen) atoms. The molecule has 0 fully saturated rings. The van der Waals surface area contributed by atoms with Gasteiger partial charge in [-0.1, -0.05) is 31.5 Å². The zero-order chi connectivity index (χ0) is 14.9. The van der Waals surface area contributed by atoms with E-state index in [1.165, 1.54) is 18.4 Å². The minimum Gasteiger partial charge on any atom is -0.357 e. The predicted molar refractivity (Wildman–Crippen MR) is 92.4 cm³/mol. The van der Waals surface area contributed by atoms with E-state index in [0.717, 1.165) is 17.8 Å². The Kier molecular flexibility index (Phi) is 6.16. The fraction of sp³-hybridized carbons (Fsp3) is 0.294. The van der Waals surface area contributed by atoms with Crippen LogP contribution in [0.3, 0.4) is 0 Å². The lowest BCUT2D eigenvalue weighted by molar-refractivity contribution is 0.795. The topological polar surface area (TPSA) is 37.0 Å². The van der Waals surface area contributed by atoms with Gasteiger partial charge in [0.05, 0.1) is 12.2 Å². The minimum atomic E-state index is 0.613. The van der Waals surface area contributed by atoms with Gasteiger partial charge in [-0.15, -0.1) is 0 Å². The molecule has 0 saturated heterocycles. The molecule has 0 aliphatic heterocycles. The third-order valence-electron chi connectivity index (χ3n) is 3.19. The summed E-state index contributed by atoms with van der Waals surface area (Å²) in [4.78, 5) is 4.25. The molecule has 3 nitrogen and oxygen atoms in total. The highest BCUT2D eigenvalue weighted by Gasteiger charge is 1.99. The van der Waals surface area contributed by atoms with Crippen LogP contribution in [0.4, 0.5) is 5.69 Å². The van der Waals surface area contributed by atoms with E-state index in [4.69, 9.17) is 12.2 Å². The molecular weight excluding hydrogens is 278 g/mol. The molecule has 0 radical (unpaired) electrons. The van der Waals surface area contributed by atoms with Gasteiger partial charge in [-0.2, -0.15) is 0 Å². The highest BCUT2D eigenvalue weighted by Crippen LogP contribution is 2.11. The maximum absolute atomic E-state index is 5.29. The molecule has 0 saturated carbocycles. The molecule has 0 unspecified atom stereocenters. The van der Waals surface area contributed by atoms with Crippen molar-refractivity contribution >= 4 is 23.0 Å². The molecule has 110 valence electrons. The van der Waals surface area contributed by atoms with Gasteiger partial charge in [0, 0.05) is 11.9 Å². The van der Waals surface area contributed by atoms with E-state index in [2.05, 4.69) is 46.8 Å². The first-order chi connectivity index (χ1) is 10.3. The van der Waals surface area contributed by atoms with Gasteiger partial charge >= 0.3 is 0 Å². The average Bonchev–Trinajstić information content (AvgIpc) is 2.53. The van der Waals surface area contributed by atoms with Crippen LogP contribution in [0.15, 0.2) is 48.7 Å². The first-order valence-corrected chi connectivity index (χ1v) is 7.72. The molecule has 1 aromatic heterocycles. The van der Waals surface area contributed by atoms with Gasteiger partial charge in [0.15, 0.2) is 5.11 Å². The normalized spacial score (nSPS) is 10.1. The Hall–Kier alpha value is -1.94. The number of hydrogen-bond acceptors (Lipinski definition) is 2. The van der Waals surface area contributed by atoms with Gasteiger partial charge in [-0.25, -0.2) is 0 Å². The van der Waals surface area contributed by atoms with E-state index >= 15 is 0 Å². The second-order valence-electron chi connectivity index (χ2n) is 4.93. The van der Waals surface area contributed by atoms with Crippen molar-refractivity contribution in [2.45, 2.75) is 32.7 Å². The number of thiocarbonyl (C=S) groups is 1. The molecule has 2 N–H and O–H groups in total. The smallest absolute Gasteiger partial charge is 0.171 e. The third kappa shape index (κ3) is 5.52.